The molecule has 1 atom stereocenters. The van der Waals surface area contributed by atoms with Gasteiger partial charge in [-0.2, -0.15) is 0 Å². The lowest BCUT2D eigenvalue weighted by Crippen LogP contribution is -2.28. The van der Waals surface area contributed by atoms with E-state index in [1.807, 2.05) is 6.07 Å². The molecule has 1 aromatic carbocycles. The molecule has 0 aliphatic heterocycles. The quantitative estimate of drug-likeness (QED) is 0.366. The van der Waals surface area contributed by atoms with Crippen molar-refractivity contribution < 1.29 is 0 Å². The third-order valence-corrected chi connectivity index (χ3v) is 3.59. The summed E-state index contributed by atoms with van der Waals surface area (Å²) in [5.74, 6) is 8.15. The van der Waals surface area contributed by atoms with E-state index in [2.05, 4.69) is 62.0 Å². The molecule has 3 N–H and O–H groups in total. The van der Waals surface area contributed by atoms with Crippen LogP contribution < -0.4 is 11.3 Å². The zero-order chi connectivity index (χ0) is 11.3. The van der Waals surface area contributed by atoms with Crippen molar-refractivity contribution in [1.29, 1.82) is 0 Å². The Kier molecular flexibility index (Phi) is 5.61. The summed E-state index contributed by atoms with van der Waals surface area (Å²) in [6.07, 6.45) is 6.81. The molecule has 1 aromatic rings. The van der Waals surface area contributed by atoms with Gasteiger partial charge in [0.1, 0.15) is 0 Å². The Hall–Kier alpha value is -0.0900. The van der Waals surface area contributed by atoms with Gasteiger partial charge in [-0.05, 0) is 52.8 Å². The third-order valence-electron chi connectivity index (χ3n) is 2.11. The maximum absolute atomic E-state index is 5.53. The fourth-order valence-electron chi connectivity index (χ4n) is 1.34. The standard InChI is InChI=1S/C11H12BrIN2/c1-2-3-4-11(15-14)9-7-8(12)5-6-10(9)13/h1,5-7,11,15H,3-4,14H2. The van der Waals surface area contributed by atoms with Crippen LogP contribution in [-0.2, 0) is 0 Å². The van der Waals surface area contributed by atoms with Crippen LogP contribution in [0.2, 0.25) is 0 Å². The van der Waals surface area contributed by atoms with Gasteiger partial charge in [-0.25, -0.2) is 0 Å². The molecule has 0 saturated carbocycles. The molecule has 4 heteroatoms. The molecule has 0 amide bonds. The summed E-state index contributed by atoms with van der Waals surface area (Å²) in [6, 6.07) is 6.26. The van der Waals surface area contributed by atoms with E-state index in [0.717, 1.165) is 17.3 Å². The van der Waals surface area contributed by atoms with Gasteiger partial charge in [0.05, 0.1) is 0 Å². The van der Waals surface area contributed by atoms with Gasteiger partial charge in [0, 0.05) is 20.5 Å². The van der Waals surface area contributed by atoms with E-state index >= 15 is 0 Å². The summed E-state index contributed by atoms with van der Waals surface area (Å²) in [4.78, 5) is 0. The molecule has 0 aromatic heterocycles. The Labute approximate surface area is 112 Å². The number of nitrogens with two attached hydrogens (primary N) is 1. The molecule has 0 saturated heterocycles. The first-order valence-corrected chi connectivity index (χ1v) is 6.40. The minimum Gasteiger partial charge on any atom is -0.271 e. The van der Waals surface area contributed by atoms with Crippen LogP contribution in [0.3, 0.4) is 0 Å². The van der Waals surface area contributed by atoms with E-state index in [0.29, 0.717) is 0 Å². The fourth-order valence-corrected chi connectivity index (χ4v) is 2.43. The summed E-state index contributed by atoms with van der Waals surface area (Å²) >= 11 is 5.75. The van der Waals surface area contributed by atoms with E-state index in [-0.39, 0.29) is 6.04 Å². The number of nitrogens with one attached hydrogen (secondary N) is 1. The molecule has 0 spiro atoms. The maximum Gasteiger partial charge on any atom is 0.0479 e. The fraction of sp³-hybridized carbons (Fsp3) is 0.273. The van der Waals surface area contributed by atoms with Crippen molar-refractivity contribution in [2.45, 2.75) is 18.9 Å². The van der Waals surface area contributed by atoms with E-state index < -0.39 is 0 Å². The van der Waals surface area contributed by atoms with Crippen molar-refractivity contribution in [2.75, 3.05) is 0 Å². The Morgan fingerprint density at radius 3 is 2.93 bits per heavy atom. The average Bonchev–Trinajstić information content (AvgIpc) is 2.24. The van der Waals surface area contributed by atoms with Gasteiger partial charge in [0.15, 0.2) is 0 Å². The molecule has 0 aliphatic carbocycles. The number of halogens is 2. The number of hydrazine groups is 1. The lowest BCUT2D eigenvalue weighted by molar-refractivity contribution is 0.521. The predicted molar refractivity (Wildman–Crippen MR) is 75.0 cm³/mol. The lowest BCUT2D eigenvalue weighted by Gasteiger charge is -2.17. The summed E-state index contributed by atoms with van der Waals surface area (Å²) in [7, 11) is 0. The van der Waals surface area contributed by atoms with E-state index in [1.165, 1.54) is 9.13 Å². The molecule has 15 heavy (non-hydrogen) atoms. The van der Waals surface area contributed by atoms with Crippen LogP contribution in [0.4, 0.5) is 0 Å². The zero-order valence-corrected chi connectivity index (χ0v) is 11.9. The van der Waals surface area contributed by atoms with E-state index in [1.54, 1.807) is 0 Å². The first kappa shape index (κ1) is 13.0. The topological polar surface area (TPSA) is 38.0 Å². The Bertz CT molecular complexity index is 373. The predicted octanol–water partition coefficient (Wildman–Crippen LogP) is 2.97. The van der Waals surface area contributed by atoms with Gasteiger partial charge in [-0.1, -0.05) is 15.9 Å². The van der Waals surface area contributed by atoms with Gasteiger partial charge >= 0.3 is 0 Å². The highest BCUT2D eigenvalue weighted by Gasteiger charge is 2.12. The van der Waals surface area contributed by atoms with Crippen LogP contribution in [0.1, 0.15) is 24.4 Å². The SMILES string of the molecule is C#CCCC(NN)c1cc(Br)ccc1I. The van der Waals surface area contributed by atoms with Crippen molar-refractivity contribution in [3.63, 3.8) is 0 Å². The Balaban J connectivity index is 2.91. The molecule has 2 nitrogen and oxygen atoms in total. The second kappa shape index (κ2) is 6.48. The lowest BCUT2D eigenvalue weighted by atomic mass is 10.0. The molecule has 0 aliphatic rings. The minimum absolute atomic E-state index is 0.116. The summed E-state index contributed by atoms with van der Waals surface area (Å²) in [6.45, 7) is 0. The van der Waals surface area contributed by atoms with Gasteiger partial charge in [-0.15, -0.1) is 12.3 Å². The van der Waals surface area contributed by atoms with Crippen LogP contribution in [-0.4, -0.2) is 0 Å². The first-order chi connectivity index (χ1) is 7.19. The summed E-state index contributed by atoms with van der Waals surface area (Å²) < 4.78 is 2.25. The van der Waals surface area contributed by atoms with Crippen LogP contribution in [0.5, 0.6) is 0 Å². The van der Waals surface area contributed by atoms with Crippen molar-refractivity contribution in [3.05, 3.63) is 31.8 Å². The molecular weight excluding hydrogens is 367 g/mol. The van der Waals surface area contributed by atoms with E-state index in [9.17, 15) is 0 Å². The largest absolute Gasteiger partial charge is 0.271 e. The first-order valence-electron chi connectivity index (χ1n) is 4.53. The van der Waals surface area contributed by atoms with Crippen molar-refractivity contribution in [1.82, 2.24) is 5.43 Å². The highest BCUT2D eigenvalue weighted by Crippen LogP contribution is 2.26. The normalized spacial score (nSPS) is 12.1. The number of hydrogen-bond donors (Lipinski definition) is 2. The highest BCUT2D eigenvalue weighted by atomic mass is 127. The van der Waals surface area contributed by atoms with Crippen LogP contribution >= 0.6 is 38.5 Å². The second-order valence-corrected chi connectivity index (χ2v) is 5.21. The monoisotopic (exact) mass is 378 g/mol. The number of rotatable bonds is 4. The summed E-state index contributed by atoms with van der Waals surface area (Å²) in [5, 5.41) is 0. The molecule has 0 fully saturated rings. The Morgan fingerprint density at radius 1 is 1.60 bits per heavy atom. The average molecular weight is 379 g/mol. The summed E-state index contributed by atoms with van der Waals surface area (Å²) in [5.41, 5.74) is 3.98. The smallest absolute Gasteiger partial charge is 0.0479 e. The number of terminal acetylenes is 1. The second-order valence-electron chi connectivity index (χ2n) is 3.13. The molecule has 0 heterocycles. The van der Waals surface area contributed by atoms with Gasteiger partial charge in [0.2, 0.25) is 0 Å². The highest BCUT2D eigenvalue weighted by molar-refractivity contribution is 14.1. The number of hydrogen-bond acceptors (Lipinski definition) is 2. The van der Waals surface area contributed by atoms with Gasteiger partial charge < -0.3 is 0 Å². The molecule has 80 valence electrons. The maximum atomic E-state index is 5.53. The van der Waals surface area contributed by atoms with Crippen molar-refractivity contribution in [2.24, 2.45) is 5.84 Å². The molecule has 1 unspecified atom stereocenters. The van der Waals surface area contributed by atoms with Crippen molar-refractivity contribution >= 4 is 38.5 Å². The third kappa shape index (κ3) is 3.76. The van der Waals surface area contributed by atoms with Crippen LogP contribution in [0.15, 0.2) is 22.7 Å². The zero-order valence-electron chi connectivity index (χ0n) is 8.13. The molecule has 0 radical (unpaired) electrons. The number of benzene rings is 1. The van der Waals surface area contributed by atoms with Gasteiger partial charge in [0.25, 0.3) is 0 Å². The van der Waals surface area contributed by atoms with E-state index in [4.69, 9.17) is 12.3 Å². The molecule has 0 bridgehead atoms. The van der Waals surface area contributed by atoms with Crippen LogP contribution in [0, 0.1) is 15.9 Å². The minimum atomic E-state index is 0.116. The van der Waals surface area contributed by atoms with Crippen LogP contribution in [0.25, 0.3) is 0 Å². The Morgan fingerprint density at radius 2 is 2.33 bits per heavy atom. The van der Waals surface area contributed by atoms with Gasteiger partial charge in [-0.3, -0.25) is 11.3 Å². The molecule has 1 rings (SSSR count). The molecular formula is C11H12BrIN2. The van der Waals surface area contributed by atoms with Crippen molar-refractivity contribution in [3.8, 4) is 12.3 Å².